The largest absolute Gasteiger partial charge is 0.496 e. The number of rotatable bonds is 8. The summed E-state index contributed by atoms with van der Waals surface area (Å²) in [4.78, 5) is 12.5. The maximum Gasteiger partial charge on any atom is 0.342 e. The highest BCUT2D eigenvalue weighted by atomic mass is 16.5. The molecule has 0 spiro atoms. The lowest BCUT2D eigenvalue weighted by Gasteiger charge is -2.14. The predicted octanol–water partition coefficient (Wildman–Crippen LogP) is 3.47. The quantitative estimate of drug-likeness (QED) is 0.682. The number of benzene rings is 2. The molecule has 2 rings (SSSR count). The highest BCUT2D eigenvalue weighted by Gasteiger charge is 2.19. The fourth-order valence-corrected chi connectivity index (χ4v) is 2.33. The van der Waals surface area contributed by atoms with Crippen LogP contribution in [0.2, 0.25) is 0 Å². The average molecular weight is 346 g/mol. The van der Waals surface area contributed by atoms with Gasteiger partial charge in [-0.15, -0.1) is 0 Å². The lowest BCUT2D eigenvalue weighted by atomic mass is 10.1. The fourth-order valence-electron chi connectivity index (χ4n) is 2.33. The molecular weight excluding hydrogens is 324 g/mol. The molecule has 0 fully saturated rings. The predicted molar refractivity (Wildman–Crippen MR) is 92.8 cm³/mol. The third kappa shape index (κ3) is 4.35. The number of para-hydroxylation sites is 1. The number of carbonyl (C=O) groups is 1. The van der Waals surface area contributed by atoms with Crippen LogP contribution >= 0.6 is 0 Å². The Hall–Kier alpha value is -2.89. The minimum atomic E-state index is -0.524. The maximum absolute atomic E-state index is 12.5. The SMILES string of the molecule is CCOc1ccccc1COC(=O)c1cc(OC)c(OC)cc1OC. The van der Waals surface area contributed by atoms with Crippen LogP contribution in [0.25, 0.3) is 0 Å². The third-order valence-corrected chi connectivity index (χ3v) is 3.56. The summed E-state index contributed by atoms with van der Waals surface area (Å²) in [5.74, 6) is 1.41. The van der Waals surface area contributed by atoms with Crippen LogP contribution in [-0.4, -0.2) is 33.9 Å². The Bertz CT molecular complexity index is 726. The van der Waals surface area contributed by atoms with Gasteiger partial charge in [0.25, 0.3) is 0 Å². The van der Waals surface area contributed by atoms with Gasteiger partial charge in [-0.2, -0.15) is 0 Å². The molecule has 134 valence electrons. The number of methoxy groups -OCH3 is 3. The summed E-state index contributed by atoms with van der Waals surface area (Å²) in [6, 6.07) is 10.5. The van der Waals surface area contributed by atoms with E-state index in [2.05, 4.69) is 0 Å². The molecule has 2 aromatic carbocycles. The van der Waals surface area contributed by atoms with Crippen LogP contribution in [0.4, 0.5) is 0 Å². The van der Waals surface area contributed by atoms with Gasteiger partial charge in [-0.3, -0.25) is 0 Å². The van der Waals surface area contributed by atoms with E-state index < -0.39 is 5.97 Å². The van der Waals surface area contributed by atoms with E-state index in [4.69, 9.17) is 23.7 Å². The van der Waals surface area contributed by atoms with Crippen molar-refractivity contribution in [2.75, 3.05) is 27.9 Å². The van der Waals surface area contributed by atoms with Gasteiger partial charge in [0.05, 0.1) is 27.9 Å². The molecule has 0 aliphatic rings. The molecule has 0 atom stereocenters. The molecule has 0 unspecified atom stereocenters. The zero-order valence-corrected chi connectivity index (χ0v) is 14.8. The molecule has 6 nitrogen and oxygen atoms in total. The molecule has 6 heteroatoms. The van der Waals surface area contributed by atoms with E-state index in [-0.39, 0.29) is 12.2 Å². The molecule has 0 N–H and O–H groups in total. The van der Waals surface area contributed by atoms with Gasteiger partial charge in [-0.25, -0.2) is 4.79 Å². The molecule has 0 saturated heterocycles. The van der Waals surface area contributed by atoms with Gasteiger partial charge in [0.2, 0.25) is 0 Å². The molecule has 25 heavy (non-hydrogen) atoms. The van der Waals surface area contributed by atoms with Gasteiger partial charge < -0.3 is 23.7 Å². The van der Waals surface area contributed by atoms with Crippen LogP contribution in [0.3, 0.4) is 0 Å². The van der Waals surface area contributed by atoms with Crippen LogP contribution in [0.15, 0.2) is 36.4 Å². The summed E-state index contributed by atoms with van der Waals surface area (Å²) in [6.07, 6.45) is 0. The molecule has 0 aliphatic heterocycles. The van der Waals surface area contributed by atoms with E-state index in [9.17, 15) is 4.79 Å². The zero-order valence-electron chi connectivity index (χ0n) is 14.8. The number of carbonyl (C=O) groups excluding carboxylic acids is 1. The van der Waals surface area contributed by atoms with Crippen molar-refractivity contribution >= 4 is 5.97 Å². The fraction of sp³-hybridized carbons (Fsp3) is 0.316. The van der Waals surface area contributed by atoms with Crippen molar-refractivity contribution in [3.63, 3.8) is 0 Å². The van der Waals surface area contributed by atoms with Gasteiger partial charge in [0, 0.05) is 17.7 Å². The normalized spacial score (nSPS) is 10.1. The summed E-state index contributed by atoms with van der Waals surface area (Å²) >= 11 is 0. The number of esters is 1. The summed E-state index contributed by atoms with van der Waals surface area (Å²) in [7, 11) is 4.49. The molecule has 0 radical (unpaired) electrons. The van der Waals surface area contributed by atoms with E-state index in [1.807, 2.05) is 31.2 Å². The monoisotopic (exact) mass is 346 g/mol. The van der Waals surface area contributed by atoms with E-state index >= 15 is 0 Å². The second-order valence-electron chi connectivity index (χ2n) is 5.02. The van der Waals surface area contributed by atoms with Gasteiger partial charge in [-0.1, -0.05) is 18.2 Å². The molecule has 2 aromatic rings. The Labute approximate surface area is 147 Å². The Kier molecular flexibility index (Phi) is 6.51. The summed E-state index contributed by atoms with van der Waals surface area (Å²) in [6.45, 7) is 2.53. The highest BCUT2D eigenvalue weighted by molar-refractivity contribution is 5.93. The molecule has 0 saturated carbocycles. The van der Waals surface area contributed by atoms with Crippen molar-refractivity contribution in [2.45, 2.75) is 13.5 Å². The molecule has 0 bridgehead atoms. The van der Waals surface area contributed by atoms with Crippen LogP contribution in [0, 0.1) is 0 Å². The van der Waals surface area contributed by atoms with Crippen molar-refractivity contribution in [3.05, 3.63) is 47.5 Å². The van der Waals surface area contributed by atoms with Crippen LogP contribution in [0.1, 0.15) is 22.8 Å². The zero-order chi connectivity index (χ0) is 18.2. The van der Waals surface area contributed by atoms with Crippen LogP contribution < -0.4 is 18.9 Å². The first-order valence-corrected chi connectivity index (χ1v) is 7.82. The van der Waals surface area contributed by atoms with Gasteiger partial charge in [0.15, 0.2) is 11.5 Å². The van der Waals surface area contributed by atoms with Crippen LogP contribution in [0.5, 0.6) is 23.0 Å². The average Bonchev–Trinajstić information content (AvgIpc) is 2.66. The second-order valence-corrected chi connectivity index (χ2v) is 5.02. The smallest absolute Gasteiger partial charge is 0.342 e. The molecular formula is C19H22O6. The van der Waals surface area contributed by atoms with Crippen molar-refractivity contribution in [1.29, 1.82) is 0 Å². The molecule has 0 aromatic heterocycles. The first kappa shape index (κ1) is 18.4. The topological polar surface area (TPSA) is 63.2 Å². The number of hydrogen-bond donors (Lipinski definition) is 0. The van der Waals surface area contributed by atoms with E-state index in [0.29, 0.717) is 29.6 Å². The van der Waals surface area contributed by atoms with Crippen molar-refractivity contribution < 1.29 is 28.5 Å². The Morgan fingerprint density at radius 3 is 2.16 bits per heavy atom. The standard InChI is InChI=1S/C19H22O6/c1-5-24-15-9-7-6-8-13(15)12-25-19(20)14-10-17(22-3)18(23-4)11-16(14)21-2/h6-11H,5,12H2,1-4H3. The minimum Gasteiger partial charge on any atom is -0.496 e. The summed E-state index contributed by atoms with van der Waals surface area (Å²) in [5, 5.41) is 0. The first-order chi connectivity index (χ1) is 12.1. The van der Waals surface area contributed by atoms with Gasteiger partial charge in [0.1, 0.15) is 23.7 Å². The van der Waals surface area contributed by atoms with E-state index in [1.54, 1.807) is 6.07 Å². The highest BCUT2D eigenvalue weighted by Crippen LogP contribution is 2.35. The Balaban J connectivity index is 2.21. The van der Waals surface area contributed by atoms with Crippen molar-refractivity contribution in [2.24, 2.45) is 0 Å². The summed E-state index contributed by atoms with van der Waals surface area (Å²) in [5.41, 5.74) is 1.05. The second kappa shape index (κ2) is 8.82. The molecule has 0 heterocycles. The lowest BCUT2D eigenvalue weighted by Crippen LogP contribution is -2.09. The summed E-state index contributed by atoms with van der Waals surface area (Å²) < 4.78 is 26.7. The first-order valence-electron chi connectivity index (χ1n) is 7.82. The maximum atomic E-state index is 12.5. The van der Waals surface area contributed by atoms with E-state index in [0.717, 1.165) is 5.56 Å². The Morgan fingerprint density at radius 1 is 0.880 bits per heavy atom. The van der Waals surface area contributed by atoms with Crippen molar-refractivity contribution in [1.82, 2.24) is 0 Å². The number of ether oxygens (including phenoxy) is 5. The van der Waals surface area contributed by atoms with Gasteiger partial charge >= 0.3 is 5.97 Å². The van der Waals surface area contributed by atoms with E-state index in [1.165, 1.54) is 27.4 Å². The number of hydrogen-bond acceptors (Lipinski definition) is 6. The minimum absolute atomic E-state index is 0.0898. The Morgan fingerprint density at radius 2 is 1.52 bits per heavy atom. The third-order valence-electron chi connectivity index (χ3n) is 3.56. The van der Waals surface area contributed by atoms with Crippen LogP contribution in [-0.2, 0) is 11.3 Å². The molecule has 0 amide bonds. The van der Waals surface area contributed by atoms with Crippen molar-refractivity contribution in [3.8, 4) is 23.0 Å². The molecule has 0 aliphatic carbocycles. The lowest BCUT2D eigenvalue weighted by molar-refractivity contribution is 0.0465. The van der Waals surface area contributed by atoms with Gasteiger partial charge in [-0.05, 0) is 13.0 Å².